The van der Waals surface area contributed by atoms with Crippen LogP contribution in [0.3, 0.4) is 0 Å². The Morgan fingerprint density at radius 3 is 2.85 bits per heavy atom. The fourth-order valence-electron chi connectivity index (χ4n) is 2.70. The number of nitrogens with one attached hydrogen (secondary N) is 2. The quantitative estimate of drug-likeness (QED) is 0.839. The third-order valence-corrected chi connectivity index (χ3v) is 3.84. The lowest BCUT2D eigenvalue weighted by atomic mass is 9.99. The van der Waals surface area contributed by atoms with Crippen molar-refractivity contribution in [3.8, 4) is 0 Å². The molecule has 6 heteroatoms. The average Bonchev–Trinajstić information content (AvgIpc) is 3.05. The number of aryl methyl sites for hydroxylation is 1. The first-order chi connectivity index (χ1) is 9.63. The van der Waals surface area contributed by atoms with E-state index in [0.717, 1.165) is 12.3 Å². The van der Waals surface area contributed by atoms with Crippen molar-refractivity contribution >= 4 is 6.03 Å². The zero-order valence-corrected chi connectivity index (χ0v) is 12.3. The van der Waals surface area contributed by atoms with Crippen LogP contribution < -0.4 is 10.6 Å². The number of amides is 2. The van der Waals surface area contributed by atoms with Gasteiger partial charge in [0, 0.05) is 13.0 Å². The Bertz CT molecular complexity index is 427. The molecule has 1 aliphatic rings. The summed E-state index contributed by atoms with van der Waals surface area (Å²) < 4.78 is 4.84. The van der Waals surface area contributed by atoms with Gasteiger partial charge in [0.25, 0.3) is 0 Å². The molecule has 0 aliphatic heterocycles. The molecule has 0 saturated heterocycles. The average molecular weight is 280 g/mol. The predicted octanol–water partition coefficient (Wildman–Crippen LogP) is 2.54. The van der Waals surface area contributed by atoms with Crippen LogP contribution in [-0.4, -0.2) is 22.2 Å². The fraction of sp³-hybridized carbons (Fsp3) is 0.786. The normalized spacial score (nSPS) is 17.1. The monoisotopic (exact) mass is 280 g/mol. The van der Waals surface area contributed by atoms with Crippen molar-refractivity contribution in [1.82, 2.24) is 20.8 Å². The SMILES string of the molecule is Cc1nc(CNC(=O)N[C@H](C)CCC2CCCC2)no1. The summed E-state index contributed by atoms with van der Waals surface area (Å²) in [5.74, 6) is 1.87. The molecule has 6 nitrogen and oxygen atoms in total. The van der Waals surface area contributed by atoms with Gasteiger partial charge in [0.05, 0.1) is 6.54 Å². The largest absolute Gasteiger partial charge is 0.340 e. The Hall–Kier alpha value is -1.59. The lowest BCUT2D eigenvalue weighted by molar-refractivity contribution is 0.235. The van der Waals surface area contributed by atoms with Gasteiger partial charge < -0.3 is 15.2 Å². The van der Waals surface area contributed by atoms with Crippen LogP contribution in [0, 0.1) is 12.8 Å². The molecule has 112 valence electrons. The smallest absolute Gasteiger partial charge is 0.315 e. The number of urea groups is 1. The molecule has 1 fully saturated rings. The first-order valence-electron chi connectivity index (χ1n) is 7.47. The number of carbonyl (C=O) groups is 1. The van der Waals surface area contributed by atoms with Gasteiger partial charge in [-0.05, 0) is 25.7 Å². The first kappa shape index (κ1) is 14.8. The van der Waals surface area contributed by atoms with E-state index in [1.807, 2.05) is 6.92 Å². The second kappa shape index (κ2) is 7.26. The molecule has 0 aromatic carbocycles. The molecule has 1 aliphatic carbocycles. The summed E-state index contributed by atoms with van der Waals surface area (Å²) in [7, 11) is 0. The fourth-order valence-corrected chi connectivity index (χ4v) is 2.70. The topological polar surface area (TPSA) is 80.0 Å². The highest BCUT2D eigenvalue weighted by Crippen LogP contribution is 2.28. The van der Waals surface area contributed by atoms with Crippen molar-refractivity contribution in [2.75, 3.05) is 0 Å². The minimum absolute atomic E-state index is 0.175. The summed E-state index contributed by atoms with van der Waals surface area (Å²) in [5.41, 5.74) is 0. The molecule has 1 atom stereocenters. The molecule has 2 amide bonds. The molecular weight excluding hydrogens is 256 g/mol. The number of hydrogen-bond acceptors (Lipinski definition) is 4. The summed E-state index contributed by atoms with van der Waals surface area (Å²) in [4.78, 5) is 15.8. The molecule has 0 unspecified atom stereocenters. The summed E-state index contributed by atoms with van der Waals surface area (Å²) in [6.45, 7) is 4.06. The zero-order chi connectivity index (χ0) is 14.4. The Morgan fingerprint density at radius 2 is 2.20 bits per heavy atom. The maximum Gasteiger partial charge on any atom is 0.315 e. The summed E-state index contributed by atoms with van der Waals surface area (Å²) in [5, 5.41) is 9.41. The number of aromatic nitrogens is 2. The highest BCUT2D eigenvalue weighted by molar-refractivity contribution is 5.73. The number of carbonyl (C=O) groups excluding carboxylic acids is 1. The molecule has 1 saturated carbocycles. The molecule has 20 heavy (non-hydrogen) atoms. The Balaban J connectivity index is 1.60. The Kier molecular flexibility index (Phi) is 5.38. The van der Waals surface area contributed by atoms with Crippen LogP contribution in [0.4, 0.5) is 4.79 Å². The number of nitrogens with zero attached hydrogens (tertiary/aromatic N) is 2. The second-order valence-electron chi connectivity index (χ2n) is 5.69. The van der Waals surface area contributed by atoms with Crippen LogP contribution >= 0.6 is 0 Å². The molecular formula is C14H24N4O2. The van der Waals surface area contributed by atoms with E-state index in [9.17, 15) is 4.79 Å². The van der Waals surface area contributed by atoms with Gasteiger partial charge in [-0.3, -0.25) is 0 Å². The first-order valence-corrected chi connectivity index (χ1v) is 7.47. The molecule has 1 heterocycles. The van der Waals surface area contributed by atoms with Crippen LogP contribution in [0.2, 0.25) is 0 Å². The van der Waals surface area contributed by atoms with Crippen molar-refractivity contribution in [3.05, 3.63) is 11.7 Å². The van der Waals surface area contributed by atoms with Crippen LogP contribution in [0.15, 0.2) is 4.52 Å². The van der Waals surface area contributed by atoms with E-state index < -0.39 is 0 Å². The van der Waals surface area contributed by atoms with Crippen molar-refractivity contribution in [3.63, 3.8) is 0 Å². The van der Waals surface area contributed by atoms with Gasteiger partial charge in [-0.25, -0.2) is 4.79 Å². The maximum absolute atomic E-state index is 11.7. The highest BCUT2D eigenvalue weighted by Gasteiger charge is 2.16. The van der Waals surface area contributed by atoms with E-state index in [4.69, 9.17) is 4.52 Å². The highest BCUT2D eigenvalue weighted by atomic mass is 16.5. The third kappa shape index (κ3) is 4.83. The lowest BCUT2D eigenvalue weighted by Gasteiger charge is -2.16. The third-order valence-electron chi connectivity index (χ3n) is 3.84. The van der Waals surface area contributed by atoms with Gasteiger partial charge in [-0.2, -0.15) is 4.98 Å². The lowest BCUT2D eigenvalue weighted by Crippen LogP contribution is -2.40. The van der Waals surface area contributed by atoms with Gasteiger partial charge in [-0.15, -0.1) is 0 Å². The maximum atomic E-state index is 11.7. The Morgan fingerprint density at radius 1 is 1.45 bits per heavy atom. The molecule has 2 rings (SSSR count). The van der Waals surface area contributed by atoms with Crippen LogP contribution in [0.5, 0.6) is 0 Å². The van der Waals surface area contributed by atoms with Gasteiger partial charge in [0.1, 0.15) is 0 Å². The van der Waals surface area contributed by atoms with Gasteiger partial charge in [0.2, 0.25) is 5.89 Å². The minimum atomic E-state index is -0.175. The predicted molar refractivity (Wildman–Crippen MR) is 75.1 cm³/mol. The molecule has 1 aromatic heterocycles. The minimum Gasteiger partial charge on any atom is -0.340 e. The zero-order valence-electron chi connectivity index (χ0n) is 12.3. The number of hydrogen-bond donors (Lipinski definition) is 2. The number of rotatable bonds is 6. The summed E-state index contributed by atoms with van der Waals surface area (Å²) >= 11 is 0. The molecule has 2 N–H and O–H groups in total. The van der Waals surface area contributed by atoms with Crippen LogP contribution in [0.1, 0.15) is 57.2 Å². The van der Waals surface area contributed by atoms with E-state index in [0.29, 0.717) is 18.3 Å². The standard InChI is InChI=1S/C14H24N4O2/c1-10(7-8-12-5-3-4-6-12)16-14(19)15-9-13-17-11(2)20-18-13/h10,12H,3-9H2,1-2H3,(H2,15,16,19)/t10-/m1/s1. The van der Waals surface area contributed by atoms with E-state index in [1.54, 1.807) is 6.92 Å². The van der Waals surface area contributed by atoms with Gasteiger partial charge >= 0.3 is 6.03 Å². The second-order valence-corrected chi connectivity index (χ2v) is 5.69. The van der Waals surface area contributed by atoms with Crippen LogP contribution in [0.25, 0.3) is 0 Å². The van der Waals surface area contributed by atoms with Gasteiger partial charge in [0.15, 0.2) is 5.82 Å². The van der Waals surface area contributed by atoms with E-state index in [2.05, 4.69) is 20.8 Å². The Labute approximate surface area is 119 Å². The summed E-state index contributed by atoms with van der Waals surface area (Å²) in [6.07, 6.45) is 7.71. The molecule has 0 bridgehead atoms. The van der Waals surface area contributed by atoms with E-state index >= 15 is 0 Å². The van der Waals surface area contributed by atoms with Crippen molar-refractivity contribution in [1.29, 1.82) is 0 Å². The molecule has 0 radical (unpaired) electrons. The molecule has 1 aromatic rings. The van der Waals surface area contributed by atoms with Crippen molar-refractivity contribution < 1.29 is 9.32 Å². The van der Waals surface area contributed by atoms with Crippen molar-refractivity contribution in [2.24, 2.45) is 5.92 Å². The van der Waals surface area contributed by atoms with Crippen molar-refractivity contribution in [2.45, 2.75) is 65.0 Å². The van der Waals surface area contributed by atoms with Gasteiger partial charge in [-0.1, -0.05) is 30.8 Å². The van der Waals surface area contributed by atoms with E-state index in [-0.39, 0.29) is 12.1 Å². The van der Waals surface area contributed by atoms with E-state index in [1.165, 1.54) is 32.1 Å². The summed E-state index contributed by atoms with van der Waals surface area (Å²) in [6, 6.07) is 0.0222. The van der Waals surface area contributed by atoms with Crippen LogP contribution in [-0.2, 0) is 6.54 Å². The molecule has 0 spiro atoms.